The van der Waals surface area contributed by atoms with Gasteiger partial charge in [0.2, 0.25) is 5.91 Å². The van der Waals surface area contributed by atoms with Crippen molar-refractivity contribution in [3.8, 4) is 33.3 Å². The van der Waals surface area contributed by atoms with Gasteiger partial charge in [-0.05, 0) is 37.3 Å². The molecule has 1 amide bonds. The number of aromatic nitrogens is 1. The Morgan fingerprint density at radius 2 is 1.85 bits per heavy atom. The number of benzene rings is 2. The molecule has 0 aliphatic carbocycles. The lowest BCUT2D eigenvalue weighted by atomic mass is 10.1. The van der Waals surface area contributed by atoms with Crippen LogP contribution >= 0.6 is 11.3 Å². The number of amides is 1. The van der Waals surface area contributed by atoms with Crippen molar-refractivity contribution in [2.45, 2.75) is 13.8 Å². The van der Waals surface area contributed by atoms with E-state index in [1.54, 1.807) is 18.4 Å². The molecular weight excluding hydrogens is 348 g/mol. The van der Waals surface area contributed by atoms with Gasteiger partial charge in [-0.15, -0.1) is 11.3 Å². The average Bonchev–Trinajstić information content (AvgIpc) is 3.12. The van der Waals surface area contributed by atoms with E-state index in [2.05, 4.69) is 5.32 Å². The van der Waals surface area contributed by atoms with E-state index in [0.29, 0.717) is 12.4 Å². The maximum Gasteiger partial charge on any atom is 0.221 e. The minimum absolute atomic E-state index is 0.0851. The number of nitrogens with zero attached hydrogens (tertiary/aromatic N) is 1. The van der Waals surface area contributed by atoms with Gasteiger partial charge in [-0.25, -0.2) is 4.98 Å². The molecule has 0 radical (unpaired) electrons. The third kappa shape index (κ3) is 4.03. The van der Waals surface area contributed by atoms with Crippen molar-refractivity contribution in [1.29, 1.82) is 0 Å². The summed E-state index contributed by atoms with van der Waals surface area (Å²) in [5, 5.41) is 5.69. The highest BCUT2D eigenvalue weighted by Gasteiger charge is 2.11. The van der Waals surface area contributed by atoms with Crippen LogP contribution in [-0.4, -0.2) is 24.6 Å². The third-order valence-corrected chi connectivity index (χ3v) is 4.61. The number of ether oxygens (including phenoxy) is 2. The number of methoxy groups -OCH3 is 1. The monoisotopic (exact) mass is 368 g/mol. The Morgan fingerprint density at radius 1 is 1.12 bits per heavy atom. The van der Waals surface area contributed by atoms with Crippen molar-refractivity contribution in [2.75, 3.05) is 19.0 Å². The number of carbonyl (C=O) groups is 1. The van der Waals surface area contributed by atoms with Gasteiger partial charge in [0, 0.05) is 29.1 Å². The van der Waals surface area contributed by atoms with E-state index in [9.17, 15) is 4.79 Å². The topological polar surface area (TPSA) is 60.5 Å². The standard InChI is InChI=1S/C20H20N2O3S/c1-4-25-18-10-7-15(11-19(18)24-3)20-22-17(12-26-20)14-5-8-16(9-6-14)21-13(2)23/h5-12H,4H2,1-3H3,(H,21,23). The van der Waals surface area contributed by atoms with Crippen LogP contribution in [0.15, 0.2) is 47.8 Å². The molecule has 26 heavy (non-hydrogen) atoms. The second-order valence-electron chi connectivity index (χ2n) is 5.60. The number of carbonyl (C=O) groups excluding carboxylic acids is 1. The van der Waals surface area contributed by atoms with Gasteiger partial charge in [0.15, 0.2) is 11.5 Å². The highest BCUT2D eigenvalue weighted by Crippen LogP contribution is 2.35. The fraction of sp³-hybridized carbons (Fsp3) is 0.200. The predicted octanol–water partition coefficient (Wildman–Crippen LogP) is 4.84. The Balaban J connectivity index is 1.84. The van der Waals surface area contributed by atoms with E-state index in [-0.39, 0.29) is 5.91 Å². The second-order valence-corrected chi connectivity index (χ2v) is 6.45. The molecule has 0 saturated heterocycles. The molecular formula is C20H20N2O3S. The largest absolute Gasteiger partial charge is 0.493 e. The highest BCUT2D eigenvalue weighted by atomic mass is 32.1. The minimum Gasteiger partial charge on any atom is -0.493 e. The van der Waals surface area contributed by atoms with Crippen LogP contribution in [0.1, 0.15) is 13.8 Å². The highest BCUT2D eigenvalue weighted by molar-refractivity contribution is 7.13. The molecule has 1 heterocycles. The van der Waals surface area contributed by atoms with Crippen LogP contribution in [0.25, 0.3) is 21.8 Å². The maximum atomic E-state index is 11.1. The van der Waals surface area contributed by atoms with E-state index >= 15 is 0 Å². The van der Waals surface area contributed by atoms with Gasteiger partial charge in [0.1, 0.15) is 5.01 Å². The Bertz CT molecular complexity index is 904. The number of hydrogen-bond acceptors (Lipinski definition) is 5. The first-order chi connectivity index (χ1) is 12.6. The fourth-order valence-electron chi connectivity index (χ4n) is 2.54. The quantitative estimate of drug-likeness (QED) is 0.676. The van der Waals surface area contributed by atoms with E-state index in [4.69, 9.17) is 14.5 Å². The van der Waals surface area contributed by atoms with Crippen molar-refractivity contribution < 1.29 is 14.3 Å². The minimum atomic E-state index is -0.0851. The van der Waals surface area contributed by atoms with Gasteiger partial charge < -0.3 is 14.8 Å². The zero-order valence-corrected chi connectivity index (χ0v) is 15.7. The van der Waals surface area contributed by atoms with Crippen molar-refractivity contribution in [2.24, 2.45) is 0 Å². The van der Waals surface area contributed by atoms with Gasteiger partial charge >= 0.3 is 0 Å². The number of nitrogens with one attached hydrogen (secondary N) is 1. The molecule has 0 unspecified atom stereocenters. The average molecular weight is 368 g/mol. The normalized spacial score (nSPS) is 10.4. The molecule has 134 valence electrons. The zero-order valence-electron chi connectivity index (χ0n) is 14.9. The van der Waals surface area contributed by atoms with Gasteiger partial charge in [-0.3, -0.25) is 4.79 Å². The Morgan fingerprint density at radius 3 is 2.50 bits per heavy atom. The Hall–Kier alpha value is -2.86. The van der Waals surface area contributed by atoms with E-state index in [1.807, 2.05) is 54.8 Å². The molecule has 0 aliphatic rings. The Labute approximate surface area is 156 Å². The molecule has 0 atom stereocenters. The number of rotatable bonds is 6. The summed E-state index contributed by atoms with van der Waals surface area (Å²) in [6.45, 7) is 4.02. The lowest BCUT2D eigenvalue weighted by molar-refractivity contribution is -0.114. The summed E-state index contributed by atoms with van der Waals surface area (Å²) in [5.74, 6) is 1.34. The van der Waals surface area contributed by atoms with Gasteiger partial charge in [-0.1, -0.05) is 12.1 Å². The molecule has 0 saturated carbocycles. The first-order valence-corrected chi connectivity index (χ1v) is 9.13. The molecule has 1 aromatic heterocycles. The van der Waals surface area contributed by atoms with Crippen molar-refractivity contribution in [1.82, 2.24) is 4.98 Å². The van der Waals surface area contributed by atoms with Crippen LogP contribution in [0.3, 0.4) is 0 Å². The summed E-state index contributed by atoms with van der Waals surface area (Å²) < 4.78 is 11.0. The van der Waals surface area contributed by atoms with Crippen LogP contribution in [0, 0.1) is 0 Å². The molecule has 0 fully saturated rings. The lowest BCUT2D eigenvalue weighted by Gasteiger charge is -2.09. The molecule has 0 spiro atoms. The molecule has 0 bridgehead atoms. The predicted molar refractivity (Wildman–Crippen MR) is 105 cm³/mol. The summed E-state index contributed by atoms with van der Waals surface area (Å²) in [6, 6.07) is 13.5. The summed E-state index contributed by atoms with van der Waals surface area (Å²) in [4.78, 5) is 15.8. The first-order valence-electron chi connectivity index (χ1n) is 8.25. The van der Waals surface area contributed by atoms with Crippen LogP contribution in [0.5, 0.6) is 11.5 Å². The summed E-state index contributed by atoms with van der Waals surface area (Å²) in [6.07, 6.45) is 0. The van der Waals surface area contributed by atoms with Crippen molar-refractivity contribution >= 4 is 22.9 Å². The number of thiazole rings is 1. The zero-order chi connectivity index (χ0) is 18.5. The van der Waals surface area contributed by atoms with Crippen LogP contribution in [-0.2, 0) is 4.79 Å². The number of hydrogen-bond donors (Lipinski definition) is 1. The SMILES string of the molecule is CCOc1ccc(-c2nc(-c3ccc(NC(C)=O)cc3)cs2)cc1OC. The van der Waals surface area contributed by atoms with E-state index in [0.717, 1.165) is 33.3 Å². The lowest BCUT2D eigenvalue weighted by Crippen LogP contribution is -2.05. The van der Waals surface area contributed by atoms with Crippen LogP contribution in [0.2, 0.25) is 0 Å². The molecule has 0 aliphatic heterocycles. The summed E-state index contributed by atoms with van der Waals surface area (Å²) in [7, 11) is 1.63. The van der Waals surface area contributed by atoms with Gasteiger partial charge in [0.25, 0.3) is 0 Å². The second kappa shape index (κ2) is 8.01. The number of anilines is 1. The smallest absolute Gasteiger partial charge is 0.221 e. The molecule has 2 aromatic carbocycles. The third-order valence-electron chi connectivity index (χ3n) is 3.72. The van der Waals surface area contributed by atoms with E-state index < -0.39 is 0 Å². The van der Waals surface area contributed by atoms with Crippen LogP contribution in [0.4, 0.5) is 5.69 Å². The summed E-state index contributed by atoms with van der Waals surface area (Å²) >= 11 is 1.57. The van der Waals surface area contributed by atoms with Gasteiger partial charge in [-0.2, -0.15) is 0 Å². The van der Waals surface area contributed by atoms with Crippen LogP contribution < -0.4 is 14.8 Å². The maximum absolute atomic E-state index is 11.1. The molecule has 1 N–H and O–H groups in total. The van der Waals surface area contributed by atoms with Gasteiger partial charge in [0.05, 0.1) is 19.4 Å². The first kappa shape index (κ1) is 17.9. The molecule has 3 rings (SSSR count). The van der Waals surface area contributed by atoms with Crippen molar-refractivity contribution in [3.05, 3.63) is 47.8 Å². The fourth-order valence-corrected chi connectivity index (χ4v) is 3.37. The molecule has 6 heteroatoms. The summed E-state index contributed by atoms with van der Waals surface area (Å²) in [5.41, 5.74) is 3.65. The molecule has 3 aromatic rings. The van der Waals surface area contributed by atoms with E-state index in [1.165, 1.54) is 6.92 Å². The van der Waals surface area contributed by atoms with Crippen molar-refractivity contribution in [3.63, 3.8) is 0 Å². The Kier molecular flexibility index (Phi) is 5.53. The molecule has 5 nitrogen and oxygen atoms in total.